The molecule has 7 nitrogen and oxygen atoms in total. The summed E-state index contributed by atoms with van der Waals surface area (Å²) in [6.45, 7) is 0. The van der Waals surface area contributed by atoms with Crippen molar-refractivity contribution in [1.82, 2.24) is 15.3 Å². The van der Waals surface area contributed by atoms with E-state index in [4.69, 9.17) is 13.9 Å². The fourth-order valence-corrected chi connectivity index (χ4v) is 3.02. The molecule has 128 valence electrons. The first kappa shape index (κ1) is 16.8. The molecule has 0 aromatic carbocycles. The highest BCUT2D eigenvalue weighted by Crippen LogP contribution is 2.27. The molecule has 0 unspecified atom stereocenters. The van der Waals surface area contributed by atoms with E-state index in [1.807, 2.05) is 0 Å². The Morgan fingerprint density at radius 3 is 2.54 bits per heavy atom. The largest absolute Gasteiger partial charge is 0.477 e. The molecule has 2 aromatic heterocycles. The van der Waals surface area contributed by atoms with Crippen molar-refractivity contribution in [2.24, 2.45) is 0 Å². The highest BCUT2D eigenvalue weighted by molar-refractivity contribution is 9.10. The average molecular weight is 396 g/mol. The molecule has 1 fully saturated rings. The third kappa shape index (κ3) is 4.05. The Labute approximate surface area is 147 Å². The summed E-state index contributed by atoms with van der Waals surface area (Å²) in [6.07, 6.45) is 6.50. The van der Waals surface area contributed by atoms with Gasteiger partial charge < -0.3 is 19.2 Å². The van der Waals surface area contributed by atoms with Gasteiger partial charge in [0.25, 0.3) is 17.7 Å². The Kier molecular flexibility index (Phi) is 5.34. The first-order chi connectivity index (χ1) is 11.7. The number of rotatable bonds is 5. The Balaban J connectivity index is 1.50. The van der Waals surface area contributed by atoms with Crippen molar-refractivity contribution in [2.45, 2.75) is 37.8 Å². The molecule has 0 saturated heterocycles. The molecule has 1 aliphatic carbocycles. The summed E-state index contributed by atoms with van der Waals surface area (Å²) >= 11 is 3.19. The fraction of sp³-hybridized carbons (Fsp3) is 0.438. The van der Waals surface area contributed by atoms with Crippen LogP contribution in [0.1, 0.15) is 36.2 Å². The molecule has 1 saturated carbocycles. The van der Waals surface area contributed by atoms with E-state index in [2.05, 4.69) is 31.2 Å². The molecule has 1 N–H and O–H groups in total. The maximum atomic E-state index is 12.1. The minimum Gasteiger partial charge on any atom is -0.477 e. The van der Waals surface area contributed by atoms with E-state index in [1.165, 1.54) is 7.11 Å². The van der Waals surface area contributed by atoms with Crippen molar-refractivity contribution in [3.63, 3.8) is 0 Å². The van der Waals surface area contributed by atoms with Crippen LogP contribution in [0.2, 0.25) is 0 Å². The standard InChI is InChI=1S/C16H18BrN3O4/c1-22-15-16(19-9-8-18-15)23-11-4-2-10(3-5-11)20-14(21)12-6-7-13(17)24-12/h6-11H,2-5H2,1H3,(H,20,21). The van der Waals surface area contributed by atoms with Crippen molar-refractivity contribution in [3.05, 3.63) is 35.0 Å². The van der Waals surface area contributed by atoms with Crippen LogP contribution in [0, 0.1) is 0 Å². The molecule has 2 aromatic rings. The number of carbonyl (C=O) groups excluding carboxylic acids is 1. The monoisotopic (exact) mass is 395 g/mol. The molecule has 1 amide bonds. The van der Waals surface area contributed by atoms with Crippen molar-refractivity contribution in [1.29, 1.82) is 0 Å². The highest BCUT2D eigenvalue weighted by Gasteiger charge is 2.26. The van der Waals surface area contributed by atoms with Gasteiger partial charge in [-0.05, 0) is 53.7 Å². The molecule has 1 aliphatic rings. The zero-order chi connectivity index (χ0) is 16.9. The Hall–Kier alpha value is -2.09. The van der Waals surface area contributed by atoms with Gasteiger partial charge in [-0.2, -0.15) is 0 Å². The number of aromatic nitrogens is 2. The molecule has 24 heavy (non-hydrogen) atoms. The van der Waals surface area contributed by atoms with Crippen LogP contribution in [0.5, 0.6) is 11.8 Å². The highest BCUT2D eigenvalue weighted by atomic mass is 79.9. The molecular formula is C16H18BrN3O4. The van der Waals surface area contributed by atoms with Gasteiger partial charge in [0.05, 0.1) is 7.11 Å². The van der Waals surface area contributed by atoms with Crippen LogP contribution >= 0.6 is 15.9 Å². The number of nitrogens with zero attached hydrogens (tertiary/aromatic N) is 2. The van der Waals surface area contributed by atoms with E-state index in [9.17, 15) is 4.79 Å². The minimum absolute atomic E-state index is 0.0431. The van der Waals surface area contributed by atoms with E-state index in [1.54, 1.807) is 24.5 Å². The predicted octanol–water partition coefficient (Wildman–Crippen LogP) is 2.96. The molecule has 0 aliphatic heterocycles. The fourth-order valence-electron chi connectivity index (χ4n) is 2.71. The van der Waals surface area contributed by atoms with E-state index >= 15 is 0 Å². The summed E-state index contributed by atoms with van der Waals surface area (Å²) in [6, 6.07) is 3.47. The van der Waals surface area contributed by atoms with E-state index in [-0.39, 0.29) is 18.1 Å². The van der Waals surface area contributed by atoms with E-state index in [0.29, 0.717) is 22.2 Å². The van der Waals surface area contributed by atoms with Crippen LogP contribution in [0.3, 0.4) is 0 Å². The quantitative estimate of drug-likeness (QED) is 0.837. The lowest BCUT2D eigenvalue weighted by Crippen LogP contribution is -2.39. The Bertz CT molecular complexity index is 698. The van der Waals surface area contributed by atoms with Gasteiger partial charge in [-0.1, -0.05) is 0 Å². The normalized spacial score (nSPS) is 20.4. The average Bonchev–Trinajstić information content (AvgIpc) is 3.04. The SMILES string of the molecule is COc1nccnc1OC1CCC(NC(=O)c2ccc(Br)o2)CC1. The van der Waals surface area contributed by atoms with Crippen molar-refractivity contribution < 1.29 is 18.7 Å². The number of ether oxygens (including phenoxy) is 2. The van der Waals surface area contributed by atoms with E-state index < -0.39 is 0 Å². The zero-order valence-corrected chi connectivity index (χ0v) is 14.8. The number of hydrogen-bond donors (Lipinski definition) is 1. The van der Waals surface area contributed by atoms with E-state index in [0.717, 1.165) is 25.7 Å². The maximum absolute atomic E-state index is 12.1. The third-order valence-corrected chi connectivity index (χ3v) is 4.34. The topological polar surface area (TPSA) is 86.5 Å². The zero-order valence-electron chi connectivity index (χ0n) is 13.2. The lowest BCUT2D eigenvalue weighted by atomic mass is 9.93. The van der Waals surface area contributed by atoms with Gasteiger partial charge in [0.2, 0.25) is 0 Å². The molecular weight excluding hydrogens is 378 g/mol. The van der Waals surface area contributed by atoms with Crippen molar-refractivity contribution in [2.75, 3.05) is 7.11 Å². The number of hydrogen-bond acceptors (Lipinski definition) is 6. The van der Waals surface area contributed by atoms with Gasteiger partial charge in [-0.25, -0.2) is 9.97 Å². The lowest BCUT2D eigenvalue weighted by Gasteiger charge is -2.29. The van der Waals surface area contributed by atoms with Crippen molar-refractivity contribution in [3.8, 4) is 11.8 Å². The van der Waals surface area contributed by atoms with Crippen LogP contribution in [-0.4, -0.2) is 35.1 Å². The van der Waals surface area contributed by atoms with Gasteiger partial charge in [-0.3, -0.25) is 4.79 Å². The summed E-state index contributed by atoms with van der Waals surface area (Å²) < 4.78 is 16.8. The summed E-state index contributed by atoms with van der Waals surface area (Å²) in [5, 5.41) is 2.99. The molecule has 8 heteroatoms. The van der Waals surface area contributed by atoms with Crippen LogP contribution in [0.4, 0.5) is 0 Å². The Morgan fingerprint density at radius 1 is 1.21 bits per heavy atom. The first-order valence-electron chi connectivity index (χ1n) is 7.73. The minimum atomic E-state index is -0.194. The van der Waals surface area contributed by atoms with Crippen LogP contribution in [-0.2, 0) is 0 Å². The number of halogens is 1. The van der Waals surface area contributed by atoms with Crippen LogP contribution < -0.4 is 14.8 Å². The number of nitrogens with one attached hydrogen (secondary N) is 1. The molecule has 0 atom stereocenters. The number of furan rings is 1. The second-order valence-electron chi connectivity index (χ2n) is 5.54. The Morgan fingerprint density at radius 2 is 1.92 bits per heavy atom. The maximum Gasteiger partial charge on any atom is 0.287 e. The second-order valence-corrected chi connectivity index (χ2v) is 6.32. The molecule has 0 spiro atoms. The lowest BCUT2D eigenvalue weighted by molar-refractivity contribution is 0.0859. The smallest absolute Gasteiger partial charge is 0.287 e. The molecule has 2 heterocycles. The summed E-state index contributed by atoms with van der Waals surface area (Å²) in [7, 11) is 1.54. The predicted molar refractivity (Wildman–Crippen MR) is 89.1 cm³/mol. The number of amides is 1. The van der Waals surface area contributed by atoms with Gasteiger partial charge in [-0.15, -0.1) is 0 Å². The molecule has 0 bridgehead atoms. The van der Waals surface area contributed by atoms with Gasteiger partial charge >= 0.3 is 0 Å². The van der Waals surface area contributed by atoms with Gasteiger partial charge in [0, 0.05) is 18.4 Å². The van der Waals surface area contributed by atoms with Gasteiger partial charge in [0.1, 0.15) is 6.10 Å². The van der Waals surface area contributed by atoms with Crippen LogP contribution in [0.25, 0.3) is 0 Å². The summed E-state index contributed by atoms with van der Waals surface area (Å²) in [5.74, 6) is 0.912. The summed E-state index contributed by atoms with van der Waals surface area (Å²) in [4.78, 5) is 20.3. The van der Waals surface area contributed by atoms with Crippen molar-refractivity contribution >= 4 is 21.8 Å². The first-order valence-corrected chi connectivity index (χ1v) is 8.53. The van der Waals surface area contributed by atoms with Gasteiger partial charge in [0.15, 0.2) is 10.4 Å². The molecule has 3 rings (SSSR count). The molecule has 0 radical (unpaired) electrons. The number of carbonyl (C=O) groups is 1. The third-order valence-electron chi connectivity index (χ3n) is 3.91. The summed E-state index contributed by atoms with van der Waals surface area (Å²) in [5.41, 5.74) is 0. The number of methoxy groups -OCH3 is 1. The van der Waals surface area contributed by atoms with Crippen LogP contribution in [0.15, 0.2) is 33.6 Å². The second kappa shape index (κ2) is 7.65.